The average Bonchev–Trinajstić information content (AvgIpc) is 3.45. The highest BCUT2D eigenvalue weighted by atomic mass is 32.2. The second kappa shape index (κ2) is 11.6. The molecule has 2 aliphatic rings. The molecule has 0 spiro atoms. The Kier molecular flexibility index (Phi) is 9.89. The van der Waals surface area contributed by atoms with E-state index in [1.54, 1.807) is 0 Å². The van der Waals surface area contributed by atoms with E-state index < -0.39 is 11.7 Å². The Balaban J connectivity index is 1.87. The van der Waals surface area contributed by atoms with Gasteiger partial charge in [0.2, 0.25) is 0 Å². The number of aliphatic hydroxyl groups is 2. The molecule has 2 rings (SSSR count). The Bertz CT molecular complexity index is 474. The van der Waals surface area contributed by atoms with Crippen LogP contribution in [-0.4, -0.2) is 39.2 Å². The van der Waals surface area contributed by atoms with E-state index in [2.05, 4.69) is 19.9 Å². The third-order valence-electron chi connectivity index (χ3n) is 6.37. The summed E-state index contributed by atoms with van der Waals surface area (Å²) in [6.07, 6.45) is 14.4. The predicted octanol–water partition coefficient (Wildman–Crippen LogP) is 5.14. The number of carbonyl (C=O) groups is 1. The summed E-state index contributed by atoms with van der Waals surface area (Å²) in [5, 5.41) is 21.5. The number of unbranched alkanes of at least 4 members (excludes halogenated alkanes) is 3. The Labute approximate surface area is 170 Å². The Hall–Kier alpha value is -0.320. The van der Waals surface area contributed by atoms with Crippen LogP contribution in [0.2, 0.25) is 0 Å². The van der Waals surface area contributed by atoms with Crippen LogP contribution in [0.5, 0.6) is 0 Å². The van der Waals surface area contributed by atoms with Gasteiger partial charge >= 0.3 is 0 Å². The zero-order chi connectivity index (χ0) is 19.7. The van der Waals surface area contributed by atoms with E-state index in [9.17, 15) is 15.0 Å². The molecule has 0 aromatic rings. The zero-order valence-corrected chi connectivity index (χ0v) is 18.2. The number of carbonyl (C=O) groups excluding carboxylic acids is 1. The molecule has 0 amide bonds. The number of rotatable bonds is 14. The first kappa shape index (κ1) is 23.0. The quantitative estimate of drug-likeness (QED) is 0.315. The first-order chi connectivity index (χ1) is 13.0. The summed E-state index contributed by atoms with van der Waals surface area (Å²) >= 11 is 1.91. The summed E-state index contributed by atoms with van der Waals surface area (Å²) in [4.78, 5) is 12.3. The lowest BCUT2D eigenvalue weighted by Crippen LogP contribution is -2.30. The SMILES string of the molecule is CCCCCCC(O)(CC=C[C@H]1[C@H](O)CC(=O)[C@@H]1CCCSCC)C1CC1. The highest BCUT2D eigenvalue weighted by Crippen LogP contribution is 2.45. The first-order valence-electron chi connectivity index (χ1n) is 11.2. The molecule has 27 heavy (non-hydrogen) atoms. The fourth-order valence-electron chi connectivity index (χ4n) is 4.52. The van der Waals surface area contributed by atoms with E-state index in [1.165, 1.54) is 19.3 Å². The van der Waals surface area contributed by atoms with Crippen LogP contribution in [0.3, 0.4) is 0 Å². The lowest BCUT2D eigenvalue weighted by atomic mass is 9.85. The molecule has 2 N–H and O–H groups in total. The van der Waals surface area contributed by atoms with E-state index in [1.807, 2.05) is 17.8 Å². The summed E-state index contributed by atoms with van der Waals surface area (Å²) in [6.45, 7) is 4.37. The van der Waals surface area contributed by atoms with Crippen molar-refractivity contribution in [3.05, 3.63) is 12.2 Å². The predicted molar refractivity (Wildman–Crippen MR) is 115 cm³/mol. The lowest BCUT2D eigenvalue weighted by Gasteiger charge is -2.27. The van der Waals surface area contributed by atoms with Gasteiger partial charge in [-0.2, -0.15) is 11.8 Å². The Morgan fingerprint density at radius 1 is 1.19 bits per heavy atom. The van der Waals surface area contributed by atoms with Crippen molar-refractivity contribution in [1.29, 1.82) is 0 Å². The summed E-state index contributed by atoms with van der Waals surface area (Å²) in [7, 11) is 0. The third kappa shape index (κ3) is 7.21. The second-order valence-corrected chi connectivity index (χ2v) is 9.98. The molecule has 3 nitrogen and oxygen atoms in total. The minimum Gasteiger partial charge on any atom is -0.392 e. The number of hydrogen-bond donors (Lipinski definition) is 2. The second-order valence-electron chi connectivity index (χ2n) is 8.58. The van der Waals surface area contributed by atoms with Gasteiger partial charge in [0.05, 0.1) is 11.7 Å². The normalized spacial score (nSPS) is 28.1. The summed E-state index contributed by atoms with van der Waals surface area (Å²) < 4.78 is 0. The number of hydrogen-bond acceptors (Lipinski definition) is 4. The van der Waals surface area contributed by atoms with Gasteiger partial charge in [0, 0.05) is 18.3 Å². The lowest BCUT2D eigenvalue weighted by molar-refractivity contribution is -0.121. The number of Topliss-reactive ketones (excluding diaryl/α,β-unsaturated/α-hetero) is 1. The number of thioether (sulfide) groups is 1. The van der Waals surface area contributed by atoms with Gasteiger partial charge in [0.25, 0.3) is 0 Å². The summed E-state index contributed by atoms with van der Waals surface area (Å²) in [5.74, 6) is 2.77. The van der Waals surface area contributed by atoms with E-state index >= 15 is 0 Å². The molecule has 4 atom stereocenters. The molecule has 0 aromatic carbocycles. The fraction of sp³-hybridized carbons (Fsp3) is 0.870. The molecule has 0 aliphatic heterocycles. The van der Waals surface area contributed by atoms with Crippen LogP contribution in [0.25, 0.3) is 0 Å². The molecule has 4 heteroatoms. The minimum atomic E-state index is -0.578. The molecule has 0 saturated heterocycles. The van der Waals surface area contributed by atoms with E-state index in [4.69, 9.17) is 0 Å². The van der Waals surface area contributed by atoms with Gasteiger partial charge in [-0.25, -0.2) is 0 Å². The molecular weight excluding hydrogens is 356 g/mol. The monoisotopic (exact) mass is 396 g/mol. The highest BCUT2D eigenvalue weighted by Gasteiger charge is 2.43. The van der Waals surface area contributed by atoms with Crippen LogP contribution in [0, 0.1) is 17.8 Å². The molecule has 1 unspecified atom stereocenters. The third-order valence-corrected chi connectivity index (χ3v) is 7.36. The average molecular weight is 397 g/mol. The van der Waals surface area contributed by atoms with Crippen molar-refractivity contribution in [2.75, 3.05) is 11.5 Å². The fourth-order valence-corrected chi connectivity index (χ4v) is 5.18. The van der Waals surface area contributed by atoms with E-state index in [-0.39, 0.29) is 17.6 Å². The van der Waals surface area contributed by atoms with Crippen molar-refractivity contribution < 1.29 is 15.0 Å². The smallest absolute Gasteiger partial charge is 0.139 e. The molecule has 0 heterocycles. The van der Waals surface area contributed by atoms with Crippen LogP contribution < -0.4 is 0 Å². The van der Waals surface area contributed by atoms with Crippen molar-refractivity contribution in [3.63, 3.8) is 0 Å². The van der Waals surface area contributed by atoms with Crippen LogP contribution in [-0.2, 0) is 4.79 Å². The van der Waals surface area contributed by atoms with Crippen LogP contribution in [0.4, 0.5) is 0 Å². The standard InChI is InChI=1S/C23H40O3S/c1-3-5-6-7-14-23(26,18-12-13-18)15-8-10-19-20(11-9-16-27-4-2)22(25)17-21(19)24/h8,10,18-21,24,26H,3-7,9,11-17H2,1-2H3/t19-,20-,21-,23?/m1/s1. The largest absolute Gasteiger partial charge is 0.392 e. The summed E-state index contributed by atoms with van der Waals surface area (Å²) in [6, 6.07) is 0. The summed E-state index contributed by atoms with van der Waals surface area (Å²) in [5.41, 5.74) is -0.578. The maximum atomic E-state index is 12.3. The molecular formula is C23H40O3S. The molecule has 2 fully saturated rings. The molecule has 0 radical (unpaired) electrons. The topological polar surface area (TPSA) is 57.5 Å². The van der Waals surface area contributed by atoms with E-state index in [0.717, 1.165) is 50.0 Å². The number of aliphatic hydroxyl groups excluding tert-OH is 1. The number of ketones is 1. The van der Waals surface area contributed by atoms with Crippen molar-refractivity contribution >= 4 is 17.5 Å². The minimum absolute atomic E-state index is 0.0349. The Morgan fingerprint density at radius 3 is 2.63 bits per heavy atom. The maximum absolute atomic E-state index is 12.3. The molecule has 2 saturated carbocycles. The van der Waals surface area contributed by atoms with E-state index in [0.29, 0.717) is 18.8 Å². The molecule has 2 aliphatic carbocycles. The first-order valence-corrected chi connectivity index (χ1v) is 12.3. The van der Waals surface area contributed by atoms with Crippen molar-refractivity contribution in [2.45, 2.75) is 96.2 Å². The maximum Gasteiger partial charge on any atom is 0.139 e. The van der Waals surface area contributed by atoms with Gasteiger partial charge in [0.15, 0.2) is 0 Å². The molecule has 0 bridgehead atoms. The zero-order valence-electron chi connectivity index (χ0n) is 17.4. The van der Waals surface area contributed by atoms with Crippen molar-refractivity contribution in [3.8, 4) is 0 Å². The van der Waals surface area contributed by atoms with Crippen LogP contribution >= 0.6 is 11.8 Å². The van der Waals surface area contributed by atoms with Gasteiger partial charge in [-0.3, -0.25) is 4.79 Å². The highest BCUT2D eigenvalue weighted by molar-refractivity contribution is 7.99. The van der Waals surface area contributed by atoms with Crippen molar-refractivity contribution in [2.24, 2.45) is 17.8 Å². The Morgan fingerprint density at radius 2 is 1.96 bits per heavy atom. The van der Waals surface area contributed by atoms with Crippen LogP contribution in [0.1, 0.15) is 84.5 Å². The molecule has 0 aromatic heterocycles. The van der Waals surface area contributed by atoms with Crippen LogP contribution in [0.15, 0.2) is 12.2 Å². The van der Waals surface area contributed by atoms with Gasteiger partial charge in [-0.05, 0) is 55.9 Å². The van der Waals surface area contributed by atoms with Gasteiger partial charge in [0.1, 0.15) is 5.78 Å². The van der Waals surface area contributed by atoms with Gasteiger partial charge < -0.3 is 10.2 Å². The molecule has 156 valence electrons. The van der Waals surface area contributed by atoms with Crippen molar-refractivity contribution in [1.82, 2.24) is 0 Å². The van der Waals surface area contributed by atoms with Gasteiger partial charge in [-0.15, -0.1) is 0 Å². The van der Waals surface area contributed by atoms with Gasteiger partial charge in [-0.1, -0.05) is 51.7 Å².